The SMILES string of the molecule is COC(=O)c1ccc2c(=O)n(CC3CCCO3)c(SC(C)C(=O)N(C)c3ccccc3)nc2c1. The van der Waals surface area contributed by atoms with Gasteiger partial charge in [-0.05, 0) is 50.1 Å². The van der Waals surface area contributed by atoms with Crippen LogP contribution in [-0.2, 0) is 20.8 Å². The summed E-state index contributed by atoms with van der Waals surface area (Å²) in [7, 11) is 3.03. The molecule has 1 aliphatic heterocycles. The monoisotopic (exact) mass is 481 g/mol. The number of aromatic nitrogens is 2. The molecule has 3 aromatic rings. The number of hydrogen-bond acceptors (Lipinski definition) is 7. The molecule has 1 amide bonds. The largest absolute Gasteiger partial charge is 0.465 e. The van der Waals surface area contributed by atoms with E-state index < -0.39 is 11.2 Å². The highest BCUT2D eigenvalue weighted by Gasteiger charge is 2.25. The van der Waals surface area contributed by atoms with Crippen molar-refractivity contribution in [3.63, 3.8) is 0 Å². The lowest BCUT2D eigenvalue weighted by molar-refractivity contribution is -0.117. The molecule has 1 fully saturated rings. The van der Waals surface area contributed by atoms with Gasteiger partial charge >= 0.3 is 5.97 Å². The van der Waals surface area contributed by atoms with Crippen LogP contribution in [0.25, 0.3) is 10.9 Å². The Labute approximate surface area is 201 Å². The zero-order valence-electron chi connectivity index (χ0n) is 19.4. The number of para-hydroxylation sites is 1. The second kappa shape index (κ2) is 10.4. The Bertz CT molecular complexity index is 1250. The summed E-state index contributed by atoms with van der Waals surface area (Å²) < 4.78 is 12.2. The van der Waals surface area contributed by atoms with Crippen LogP contribution in [-0.4, -0.2) is 53.5 Å². The quantitative estimate of drug-likeness (QED) is 0.290. The lowest BCUT2D eigenvalue weighted by Gasteiger charge is -2.22. The molecule has 2 aromatic carbocycles. The van der Waals surface area contributed by atoms with Gasteiger partial charge in [0.2, 0.25) is 5.91 Å². The number of rotatable bonds is 7. The summed E-state index contributed by atoms with van der Waals surface area (Å²) in [5.41, 5.74) is 1.25. The average molecular weight is 482 g/mol. The van der Waals surface area contributed by atoms with Gasteiger partial charge in [-0.3, -0.25) is 14.2 Å². The molecule has 0 aliphatic carbocycles. The van der Waals surface area contributed by atoms with Crippen LogP contribution in [0, 0.1) is 0 Å². The summed E-state index contributed by atoms with van der Waals surface area (Å²) in [4.78, 5) is 44.9. The fraction of sp³-hybridized carbons (Fsp3) is 0.360. The molecule has 0 bridgehead atoms. The van der Waals surface area contributed by atoms with E-state index in [-0.39, 0.29) is 17.6 Å². The molecule has 0 N–H and O–H groups in total. The molecule has 1 aliphatic rings. The first-order valence-corrected chi connectivity index (χ1v) is 12.0. The molecule has 2 heterocycles. The van der Waals surface area contributed by atoms with Gasteiger partial charge in [-0.1, -0.05) is 30.0 Å². The zero-order chi connectivity index (χ0) is 24.2. The number of carbonyl (C=O) groups excluding carboxylic acids is 2. The van der Waals surface area contributed by atoms with Crippen LogP contribution in [0.5, 0.6) is 0 Å². The molecular weight excluding hydrogens is 454 g/mol. The van der Waals surface area contributed by atoms with Crippen LogP contribution in [0.3, 0.4) is 0 Å². The highest BCUT2D eigenvalue weighted by Crippen LogP contribution is 2.27. The van der Waals surface area contributed by atoms with Crippen molar-refractivity contribution in [2.75, 3.05) is 25.7 Å². The van der Waals surface area contributed by atoms with E-state index in [0.717, 1.165) is 18.5 Å². The lowest BCUT2D eigenvalue weighted by Crippen LogP contribution is -2.34. The highest BCUT2D eigenvalue weighted by atomic mass is 32.2. The van der Waals surface area contributed by atoms with Crippen LogP contribution >= 0.6 is 11.8 Å². The number of fused-ring (bicyclic) bond motifs is 1. The molecule has 0 radical (unpaired) electrons. The van der Waals surface area contributed by atoms with E-state index >= 15 is 0 Å². The van der Waals surface area contributed by atoms with Crippen molar-refractivity contribution in [3.05, 3.63) is 64.4 Å². The number of anilines is 1. The minimum Gasteiger partial charge on any atom is -0.465 e. The van der Waals surface area contributed by atoms with Crippen molar-refractivity contribution in [2.45, 2.75) is 42.8 Å². The summed E-state index contributed by atoms with van der Waals surface area (Å²) in [6, 6.07) is 14.1. The lowest BCUT2D eigenvalue weighted by atomic mass is 10.1. The van der Waals surface area contributed by atoms with Gasteiger partial charge in [0.05, 0.1) is 41.5 Å². The molecule has 2 atom stereocenters. The number of ether oxygens (including phenoxy) is 2. The fourth-order valence-electron chi connectivity index (χ4n) is 3.95. The fourth-order valence-corrected chi connectivity index (χ4v) is 4.96. The Morgan fingerprint density at radius 2 is 2.03 bits per heavy atom. The molecule has 2 unspecified atom stereocenters. The van der Waals surface area contributed by atoms with Crippen LogP contribution in [0.15, 0.2) is 58.5 Å². The van der Waals surface area contributed by atoms with E-state index in [2.05, 4.69) is 0 Å². The van der Waals surface area contributed by atoms with Crippen molar-refractivity contribution in [3.8, 4) is 0 Å². The van der Waals surface area contributed by atoms with E-state index in [4.69, 9.17) is 14.5 Å². The maximum absolute atomic E-state index is 13.4. The van der Waals surface area contributed by atoms with Crippen LogP contribution < -0.4 is 10.5 Å². The molecular formula is C25H27N3O5S. The normalized spacial score (nSPS) is 16.4. The summed E-state index contributed by atoms with van der Waals surface area (Å²) in [6.45, 7) is 2.82. The summed E-state index contributed by atoms with van der Waals surface area (Å²) in [5, 5.41) is 0.307. The predicted molar refractivity (Wildman–Crippen MR) is 131 cm³/mol. The first kappa shape index (κ1) is 24.0. The number of benzene rings is 2. The highest BCUT2D eigenvalue weighted by molar-refractivity contribution is 8.00. The molecule has 4 rings (SSSR count). The molecule has 1 saturated heterocycles. The van der Waals surface area contributed by atoms with Gasteiger partial charge in [-0.25, -0.2) is 9.78 Å². The van der Waals surface area contributed by atoms with Gasteiger partial charge in [0, 0.05) is 19.3 Å². The average Bonchev–Trinajstić information content (AvgIpc) is 3.38. The standard InChI is InChI=1S/C25H27N3O5S/c1-16(22(29)27(2)18-8-5-4-6-9-18)34-25-26-21-14-17(24(31)32-3)11-12-20(21)23(30)28(25)15-19-10-7-13-33-19/h4-6,8-9,11-12,14,16,19H,7,10,13,15H2,1-3H3. The Kier molecular flexibility index (Phi) is 7.33. The number of thioether (sulfide) groups is 1. The third kappa shape index (κ3) is 5.00. The third-order valence-electron chi connectivity index (χ3n) is 5.86. The van der Waals surface area contributed by atoms with Gasteiger partial charge in [0.1, 0.15) is 0 Å². The van der Waals surface area contributed by atoms with Crippen LogP contribution in [0.1, 0.15) is 30.1 Å². The number of hydrogen-bond donors (Lipinski definition) is 0. The van der Waals surface area contributed by atoms with Crippen LogP contribution in [0.2, 0.25) is 0 Å². The second-order valence-electron chi connectivity index (χ2n) is 8.16. The number of carbonyl (C=O) groups is 2. The maximum Gasteiger partial charge on any atom is 0.337 e. The Hall–Kier alpha value is -3.17. The molecule has 1 aromatic heterocycles. The molecule has 8 nitrogen and oxygen atoms in total. The molecule has 34 heavy (non-hydrogen) atoms. The summed E-state index contributed by atoms with van der Waals surface area (Å²) in [6.07, 6.45) is 1.73. The van der Waals surface area contributed by atoms with Gasteiger partial charge in [-0.15, -0.1) is 0 Å². The minimum absolute atomic E-state index is 0.0800. The first-order chi connectivity index (χ1) is 16.4. The summed E-state index contributed by atoms with van der Waals surface area (Å²) in [5.74, 6) is -0.619. The second-order valence-corrected chi connectivity index (χ2v) is 9.47. The molecule has 0 saturated carbocycles. The Morgan fingerprint density at radius 1 is 1.26 bits per heavy atom. The topological polar surface area (TPSA) is 90.7 Å². The zero-order valence-corrected chi connectivity index (χ0v) is 20.2. The van der Waals surface area contributed by atoms with Gasteiger partial charge in [0.15, 0.2) is 5.16 Å². The third-order valence-corrected chi connectivity index (χ3v) is 6.93. The predicted octanol–water partition coefficient (Wildman–Crippen LogP) is 3.51. The number of esters is 1. The Balaban J connectivity index is 1.71. The number of methoxy groups -OCH3 is 1. The smallest absolute Gasteiger partial charge is 0.337 e. The van der Waals surface area contributed by atoms with Gasteiger partial charge in [-0.2, -0.15) is 0 Å². The van der Waals surface area contributed by atoms with E-state index in [1.54, 1.807) is 41.6 Å². The number of nitrogens with zero attached hydrogens (tertiary/aromatic N) is 3. The van der Waals surface area contributed by atoms with Crippen molar-refractivity contribution in [2.24, 2.45) is 0 Å². The van der Waals surface area contributed by atoms with Gasteiger partial charge < -0.3 is 14.4 Å². The minimum atomic E-state index is -0.505. The maximum atomic E-state index is 13.4. The van der Waals surface area contributed by atoms with Crippen molar-refractivity contribution in [1.29, 1.82) is 0 Å². The van der Waals surface area contributed by atoms with Crippen molar-refractivity contribution < 1.29 is 19.1 Å². The van der Waals surface area contributed by atoms with E-state index in [0.29, 0.717) is 34.8 Å². The van der Waals surface area contributed by atoms with Gasteiger partial charge in [0.25, 0.3) is 5.56 Å². The molecule has 0 spiro atoms. The van der Waals surface area contributed by atoms with Crippen molar-refractivity contribution >= 4 is 40.2 Å². The molecule has 178 valence electrons. The van der Waals surface area contributed by atoms with E-state index in [9.17, 15) is 14.4 Å². The van der Waals surface area contributed by atoms with Crippen molar-refractivity contribution in [1.82, 2.24) is 9.55 Å². The summed E-state index contributed by atoms with van der Waals surface area (Å²) >= 11 is 1.22. The Morgan fingerprint density at radius 3 is 2.71 bits per heavy atom. The number of amides is 1. The van der Waals surface area contributed by atoms with Crippen LogP contribution in [0.4, 0.5) is 5.69 Å². The van der Waals surface area contributed by atoms with E-state index in [1.165, 1.54) is 18.9 Å². The van der Waals surface area contributed by atoms with E-state index in [1.807, 2.05) is 30.3 Å². The first-order valence-electron chi connectivity index (χ1n) is 11.1. The molecule has 9 heteroatoms.